The molecule has 1 aromatic rings. The van der Waals surface area contributed by atoms with Gasteiger partial charge in [-0.2, -0.15) is 0 Å². The highest BCUT2D eigenvalue weighted by Gasteiger charge is 2.31. The van der Waals surface area contributed by atoms with Crippen LogP contribution < -0.4 is 10.2 Å². The molecule has 1 aliphatic rings. The second-order valence-corrected chi connectivity index (χ2v) is 5.55. The summed E-state index contributed by atoms with van der Waals surface area (Å²) in [6, 6.07) is -0.296. The Kier molecular flexibility index (Phi) is 4.46. The van der Waals surface area contributed by atoms with Gasteiger partial charge in [0, 0.05) is 25.3 Å². The van der Waals surface area contributed by atoms with Gasteiger partial charge in [-0.1, -0.05) is 18.5 Å². The SMILES string of the molecule is C[C@@H]1C[C@H](NC(=O)O)CN(c2c(Cl)cncc2[N+](=O)[O-])C1. The third-order valence-electron chi connectivity index (χ3n) is 3.35. The lowest BCUT2D eigenvalue weighted by molar-refractivity contribution is -0.384. The molecule has 0 aliphatic carbocycles. The molecule has 2 N–H and O–H groups in total. The number of hydrogen-bond acceptors (Lipinski definition) is 5. The van der Waals surface area contributed by atoms with E-state index in [4.69, 9.17) is 16.7 Å². The monoisotopic (exact) mass is 314 g/mol. The molecule has 21 heavy (non-hydrogen) atoms. The van der Waals surface area contributed by atoms with Crippen LogP contribution in [-0.2, 0) is 0 Å². The molecule has 2 heterocycles. The average molecular weight is 315 g/mol. The van der Waals surface area contributed by atoms with Crippen molar-refractivity contribution in [3.8, 4) is 0 Å². The largest absolute Gasteiger partial charge is 0.465 e. The highest BCUT2D eigenvalue weighted by atomic mass is 35.5. The molecular weight excluding hydrogens is 300 g/mol. The zero-order chi connectivity index (χ0) is 15.6. The fourth-order valence-corrected chi connectivity index (χ4v) is 2.95. The second-order valence-electron chi connectivity index (χ2n) is 5.14. The number of hydrogen-bond donors (Lipinski definition) is 2. The Labute approximate surface area is 125 Å². The molecule has 9 heteroatoms. The molecule has 2 atom stereocenters. The molecule has 1 fully saturated rings. The van der Waals surface area contributed by atoms with Crippen molar-refractivity contribution in [2.24, 2.45) is 5.92 Å². The van der Waals surface area contributed by atoms with Crippen LogP contribution in [0.3, 0.4) is 0 Å². The van der Waals surface area contributed by atoms with Gasteiger partial charge in [0.15, 0.2) is 0 Å². The van der Waals surface area contributed by atoms with Crippen molar-refractivity contribution in [3.63, 3.8) is 0 Å². The van der Waals surface area contributed by atoms with E-state index in [9.17, 15) is 14.9 Å². The van der Waals surface area contributed by atoms with Crippen LogP contribution in [0.15, 0.2) is 12.4 Å². The maximum Gasteiger partial charge on any atom is 0.404 e. The minimum atomic E-state index is -1.11. The van der Waals surface area contributed by atoms with Gasteiger partial charge in [0.1, 0.15) is 11.9 Å². The zero-order valence-corrected chi connectivity index (χ0v) is 12.1. The van der Waals surface area contributed by atoms with Gasteiger partial charge < -0.3 is 15.3 Å². The van der Waals surface area contributed by atoms with Crippen LogP contribution >= 0.6 is 11.6 Å². The Morgan fingerprint density at radius 2 is 2.29 bits per heavy atom. The molecule has 0 aromatic carbocycles. The van der Waals surface area contributed by atoms with E-state index in [1.54, 1.807) is 4.90 Å². The Hall–Kier alpha value is -2.09. The van der Waals surface area contributed by atoms with Crippen molar-refractivity contribution in [1.82, 2.24) is 10.3 Å². The Morgan fingerprint density at radius 3 is 2.90 bits per heavy atom. The third kappa shape index (κ3) is 3.52. The summed E-state index contributed by atoms with van der Waals surface area (Å²) in [6.07, 6.45) is 2.08. The number of aromatic nitrogens is 1. The van der Waals surface area contributed by atoms with Crippen molar-refractivity contribution in [2.75, 3.05) is 18.0 Å². The van der Waals surface area contributed by atoms with E-state index in [1.165, 1.54) is 6.20 Å². The quantitative estimate of drug-likeness (QED) is 0.653. The molecule has 1 aliphatic heterocycles. The number of carbonyl (C=O) groups is 1. The Balaban J connectivity index is 2.32. The summed E-state index contributed by atoms with van der Waals surface area (Å²) < 4.78 is 0. The number of rotatable bonds is 3. The highest BCUT2D eigenvalue weighted by Crippen LogP contribution is 2.36. The topological polar surface area (TPSA) is 109 Å². The van der Waals surface area contributed by atoms with E-state index < -0.39 is 11.0 Å². The summed E-state index contributed by atoms with van der Waals surface area (Å²) >= 11 is 6.06. The first-order valence-electron chi connectivity index (χ1n) is 6.40. The fourth-order valence-electron chi connectivity index (χ4n) is 2.68. The van der Waals surface area contributed by atoms with Crippen molar-refractivity contribution < 1.29 is 14.8 Å². The number of anilines is 1. The molecule has 1 amide bonds. The van der Waals surface area contributed by atoms with Crippen molar-refractivity contribution >= 4 is 29.1 Å². The lowest BCUT2D eigenvalue weighted by Crippen LogP contribution is -2.50. The normalized spacial score (nSPS) is 21.9. The van der Waals surface area contributed by atoms with Crippen LogP contribution in [-0.4, -0.2) is 40.2 Å². The molecule has 0 radical (unpaired) electrons. The van der Waals surface area contributed by atoms with Crippen LogP contribution in [0, 0.1) is 16.0 Å². The van der Waals surface area contributed by atoms with Gasteiger partial charge in [-0.15, -0.1) is 0 Å². The van der Waals surface area contributed by atoms with Crippen LogP contribution in [0.4, 0.5) is 16.2 Å². The van der Waals surface area contributed by atoms with E-state index in [0.717, 1.165) is 6.20 Å². The zero-order valence-electron chi connectivity index (χ0n) is 11.3. The van der Waals surface area contributed by atoms with E-state index in [0.29, 0.717) is 25.2 Å². The molecule has 0 unspecified atom stereocenters. The first kappa shape index (κ1) is 15.3. The third-order valence-corrected chi connectivity index (χ3v) is 3.63. The summed E-state index contributed by atoms with van der Waals surface area (Å²) in [5.74, 6) is 0.180. The highest BCUT2D eigenvalue weighted by molar-refractivity contribution is 6.33. The van der Waals surface area contributed by atoms with Gasteiger partial charge in [-0.05, 0) is 12.3 Å². The number of nitrogens with zero attached hydrogens (tertiary/aromatic N) is 3. The molecule has 114 valence electrons. The maximum atomic E-state index is 11.1. The van der Waals surface area contributed by atoms with E-state index in [-0.39, 0.29) is 22.7 Å². The van der Waals surface area contributed by atoms with Gasteiger partial charge in [-0.25, -0.2) is 4.79 Å². The minimum Gasteiger partial charge on any atom is -0.465 e. The number of halogens is 1. The van der Waals surface area contributed by atoms with Gasteiger partial charge in [0.05, 0.1) is 9.95 Å². The number of piperidine rings is 1. The van der Waals surface area contributed by atoms with Crippen LogP contribution in [0.25, 0.3) is 0 Å². The van der Waals surface area contributed by atoms with Gasteiger partial charge >= 0.3 is 11.8 Å². The van der Waals surface area contributed by atoms with Crippen molar-refractivity contribution in [1.29, 1.82) is 0 Å². The molecule has 0 saturated carbocycles. The van der Waals surface area contributed by atoms with Crippen LogP contribution in [0.1, 0.15) is 13.3 Å². The molecular formula is C12H15ClN4O4. The average Bonchev–Trinajstić information content (AvgIpc) is 2.36. The summed E-state index contributed by atoms with van der Waals surface area (Å²) in [5.41, 5.74) is 0.117. The van der Waals surface area contributed by atoms with Gasteiger partial charge in [0.2, 0.25) is 0 Å². The van der Waals surface area contributed by atoms with Crippen LogP contribution in [0.2, 0.25) is 5.02 Å². The maximum absolute atomic E-state index is 11.1. The lowest BCUT2D eigenvalue weighted by Gasteiger charge is -2.37. The van der Waals surface area contributed by atoms with E-state index >= 15 is 0 Å². The predicted octanol–water partition coefficient (Wildman–Crippen LogP) is 2.13. The second kappa shape index (κ2) is 6.13. The predicted molar refractivity (Wildman–Crippen MR) is 76.8 cm³/mol. The molecule has 2 rings (SSSR count). The molecule has 0 spiro atoms. The van der Waals surface area contributed by atoms with Gasteiger partial charge in [0.25, 0.3) is 0 Å². The number of amides is 1. The number of carboxylic acid groups (broad SMARTS) is 1. The molecule has 8 nitrogen and oxygen atoms in total. The number of pyridine rings is 1. The van der Waals surface area contributed by atoms with E-state index in [1.807, 2.05) is 6.92 Å². The summed E-state index contributed by atoms with van der Waals surface area (Å²) in [6.45, 7) is 2.87. The Morgan fingerprint density at radius 1 is 1.57 bits per heavy atom. The fraction of sp³-hybridized carbons (Fsp3) is 0.500. The summed E-state index contributed by atoms with van der Waals surface area (Å²) in [5, 5.41) is 22.6. The first-order chi connectivity index (χ1) is 9.88. The Bertz CT molecular complexity index is 568. The summed E-state index contributed by atoms with van der Waals surface area (Å²) in [4.78, 5) is 26.9. The smallest absolute Gasteiger partial charge is 0.404 e. The first-order valence-corrected chi connectivity index (χ1v) is 6.78. The van der Waals surface area contributed by atoms with Crippen LogP contribution in [0.5, 0.6) is 0 Å². The summed E-state index contributed by atoms with van der Waals surface area (Å²) in [7, 11) is 0. The van der Waals surface area contributed by atoms with E-state index in [2.05, 4.69) is 10.3 Å². The van der Waals surface area contributed by atoms with Crippen molar-refractivity contribution in [2.45, 2.75) is 19.4 Å². The standard InChI is InChI=1S/C12H15ClN4O4/c1-7-2-8(15-12(18)19)6-16(5-7)11-9(13)3-14-4-10(11)17(20)21/h3-4,7-8,15H,2,5-6H2,1H3,(H,18,19)/t7-,8+/m1/s1. The van der Waals surface area contributed by atoms with Crippen molar-refractivity contribution in [3.05, 3.63) is 27.5 Å². The number of nitrogens with one attached hydrogen (secondary N) is 1. The molecule has 1 aromatic heterocycles. The molecule has 0 bridgehead atoms. The molecule has 1 saturated heterocycles. The lowest BCUT2D eigenvalue weighted by atomic mass is 9.95. The number of nitro groups is 1. The van der Waals surface area contributed by atoms with Gasteiger partial charge in [-0.3, -0.25) is 15.1 Å². The minimum absolute atomic E-state index is 0.175.